The molecular formula is C14H26N4O5S. The number of rotatable bonds is 10. The SMILES string of the molecule is CCC(C)C(NC(=O)C(C)NC(=O)CNC(=O)C(N)CS)C(=O)O. The zero-order valence-electron chi connectivity index (χ0n) is 14.0. The Hall–Kier alpha value is -1.81. The number of carbonyl (C=O) groups is 4. The molecule has 9 nitrogen and oxygen atoms in total. The highest BCUT2D eigenvalue weighted by Gasteiger charge is 2.27. The standard InChI is InChI=1S/C14H26N4O5S/c1-4-7(2)11(14(22)23)18-12(20)8(3)17-10(19)5-16-13(21)9(15)6-24/h7-9,11,24H,4-6,15H2,1-3H3,(H,16,21)(H,17,19)(H,18,20)(H,22,23). The first-order valence-electron chi connectivity index (χ1n) is 7.60. The lowest BCUT2D eigenvalue weighted by molar-refractivity contribution is -0.143. The number of aliphatic carboxylic acids is 1. The number of amides is 3. The number of hydrogen-bond acceptors (Lipinski definition) is 6. The van der Waals surface area contributed by atoms with E-state index in [9.17, 15) is 19.2 Å². The molecule has 0 aliphatic carbocycles. The predicted molar refractivity (Wildman–Crippen MR) is 91.5 cm³/mol. The van der Waals surface area contributed by atoms with Crippen LogP contribution in [0.1, 0.15) is 27.2 Å². The Balaban J connectivity index is 4.46. The number of nitrogens with two attached hydrogens (primary N) is 1. The van der Waals surface area contributed by atoms with Gasteiger partial charge in [0.25, 0.3) is 0 Å². The normalized spacial score (nSPS) is 15.5. The van der Waals surface area contributed by atoms with E-state index in [1.807, 2.05) is 6.92 Å². The molecule has 0 aliphatic rings. The molecule has 138 valence electrons. The van der Waals surface area contributed by atoms with Crippen molar-refractivity contribution < 1.29 is 24.3 Å². The van der Waals surface area contributed by atoms with Gasteiger partial charge in [0.2, 0.25) is 17.7 Å². The minimum Gasteiger partial charge on any atom is -0.480 e. The molecule has 3 amide bonds. The molecule has 0 aromatic heterocycles. The summed E-state index contributed by atoms with van der Waals surface area (Å²) < 4.78 is 0. The van der Waals surface area contributed by atoms with Crippen molar-refractivity contribution in [2.75, 3.05) is 12.3 Å². The van der Waals surface area contributed by atoms with Crippen molar-refractivity contribution in [1.29, 1.82) is 0 Å². The molecule has 0 bridgehead atoms. The van der Waals surface area contributed by atoms with Gasteiger partial charge in [-0.15, -0.1) is 0 Å². The molecule has 0 fully saturated rings. The maximum atomic E-state index is 12.0. The Labute approximate surface area is 146 Å². The molecule has 0 rings (SSSR count). The van der Waals surface area contributed by atoms with Gasteiger partial charge in [-0.2, -0.15) is 12.6 Å². The van der Waals surface area contributed by atoms with Gasteiger partial charge in [-0.1, -0.05) is 20.3 Å². The summed E-state index contributed by atoms with van der Waals surface area (Å²) in [7, 11) is 0. The van der Waals surface area contributed by atoms with Crippen LogP contribution < -0.4 is 21.7 Å². The quantitative estimate of drug-likeness (QED) is 0.260. The fraction of sp³-hybridized carbons (Fsp3) is 0.714. The van der Waals surface area contributed by atoms with Gasteiger partial charge in [0.1, 0.15) is 12.1 Å². The van der Waals surface area contributed by atoms with E-state index in [2.05, 4.69) is 28.6 Å². The molecule has 0 spiro atoms. The molecule has 0 saturated carbocycles. The summed E-state index contributed by atoms with van der Waals surface area (Å²) in [5.41, 5.74) is 5.44. The third-order valence-corrected chi connectivity index (χ3v) is 3.90. The van der Waals surface area contributed by atoms with Crippen molar-refractivity contribution in [3.8, 4) is 0 Å². The van der Waals surface area contributed by atoms with Crippen LogP contribution in [0, 0.1) is 5.92 Å². The summed E-state index contributed by atoms with van der Waals surface area (Å²) in [5, 5.41) is 16.2. The van der Waals surface area contributed by atoms with E-state index < -0.39 is 41.8 Å². The molecule has 4 atom stereocenters. The Morgan fingerprint density at radius 2 is 1.71 bits per heavy atom. The minimum atomic E-state index is -1.13. The van der Waals surface area contributed by atoms with E-state index >= 15 is 0 Å². The third kappa shape index (κ3) is 7.64. The van der Waals surface area contributed by atoms with E-state index in [0.717, 1.165) is 0 Å². The highest BCUT2D eigenvalue weighted by molar-refractivity contribution is 7.80. The topological polar surface area (TPSA) is 151 Å². The van der Waals surface area contributed by atoms with E-state index in [1.165, 1.54) is 6.92 Å². The molecule has 0 aromatic rings. The smallest absolute Gasteiger partial charge is 0.326 e. The van der Waals surface area contributed by atoms with Crippen LogP contribution in [0.25, 0.3) is 0 Å². The van der Waals surface area contributed by atoms with Gasteiger partial charge in [-0.05, 0) is 12.8 Å². The van der Waals surface area contributed by atoms with Gasteiger partial charge in [0.05, 0.1) is 12.6 Å². The first-order chi connectivity index (χ1) is 11.1. The van der Waals surface area contributed by atoms with Crippen molar-refractivity contribution in [3.63, 3.8) is 0 Å². The summed E-state index contributed by atoms with van der Waals surface area (Å²) in [6.45, 7) is 4.61. The number of carbonyl (C=O) groups excluding carboxylic acids is 3. The molecule has 10 heteroatoms. The van der Waals surface area contributed by atoms with Crippen molar-refractivity contribution in [3.05, 3.63) is 0 Å². The van der Waals surface area contributed by atoms with Crippen LogP contribution in [0.2, 0.25) is 0 Å². The zero-order valence-corrected chi connectivity index (χ0v) is 14.9. The summed E-state index contributed by atoms with van der Waals surface area (Å²) in [4.78, 5) is 46.3. The first-order valence-corrected chi connectivity index (χ1v) is 8.23. The second-order valence-electron chi connectivity index (χ2n) is 5.51. The number of carboxylic acid groups (broad SMARTS) is 1. The predicted octanol–water partition coefficient (Wildman–Crippen LogP) is -1.52. The highest BCUT2D eigenvalue weighted by Crippen LogP contribution is 2.08. The summed E-state index contributed by atoms with van der Waals surface area (Å²) in [6.07, 6.45) is 0.579. The molecule has 0 saturated heterocycles. The van der Waals surface area contributed by atoms with Gasteiger partial charge in [-0.25, -0.2) is 4.79 Å². The summed E-state index contributed by atoms with van der Waals surface area (Å²) >= 11 is 3.87. The number of carboxylic acids is 1. The summed E-state index contributed by atoms with van der Waals surface area (Å²) in [6, 6.07) is -2.80. The summed E-state index contributed by atoms with van der Waals surface area (Å²) in [5.74, 6) is -2.99. The van der Waals surface area contributed by atoms with Crippen LogP contribution >= 0.6 is 12.6 Å². The Bertz CT molecular complexity index is 474. The van der Waals surface area contributed by atoms with Crippen molar-refractivity contribution in [2.24, 2.45) is 11.7 Å². The van der Waals surface area contributed by atoms with Crippen LogP contribution in [-0.4, -0.2) is 59.2 Å². The van der Waals surface area contributed by atoms with Crippen LogP contribution in [0.15, 0.2) is 0 Å². The average molecular weight is 362 g/mol. The lowest BCUT2D eigenvalue weighted by atomic mass is 9.99. The van der Waals surface area contributed by atoms with Gasteiger partial charge in [-0.3, -0.25) is 14.4 Å². The second kappa shape index (κ2) is 10.9. The molecule has 24 heavy (non-hydrogen) atoms. The first kappa shape index (κ1) is 22.2. The Kier molecular flexibility index (Phi) is 10.0. The number of hydrogen-bond donors (Lipinski definition) is 6. The Morgan fingerprint density at radius 3 is 2.17 bits per heavy atom. The van der Waals surface area contributed by atoms with Crippen LogP contribution in [0.5, 0.6) is 0 Å². The molecule has 0 aliphatic heterocycles. The third-order valence-electron chi connectivity index (χ3n) is 3.50. The van der Waals surface area contributed by atoms with E-state index in [0.29, 0.717) is 6.42 Å². The lowest BCUT2D eigenvalue weighted by Crippen LogP contribution is -2.54. The lowest BCUT2D eigenvalue weighted by Gasteiger charge is -2.22. The van der Waals surface area contributed by atoms with Gasteiger partial charge >= 0.3 is 5.97 Å². The number of nitrogens with one attached hydrogen (secondary N) is 3. The molecule has 0 aromatic carbocycles. The maximum Gasteiger partial charge on any atom is 0.326 e. The largest absolute Gasteiger partial charge is 0.480 e. The van der Waals surface area contributed by atoms with E-state index in [4.69, 9.17) is 10.8 Å². The van der Waals surface area contributed by atoms with Gasteiger partial charge in [0, 0.05) is 5.75 Å². The zero-order chi connectivity index (χ0) is 18.9. The second-order valence-corrected chi connectivity index (χ2v) is 5.87. The maximum absolute atomic E-state index is 12.0. The monoisotopic (exact) mass is 362 g/mol. The van der Waals surface area contributed by atoms with Crippen molar-refractivity contribution >= 4 is 36.3 Å². The fourth-order valence-corrected chi connectivity index (χ4v) is 1.87. The van der Waals surface area contributed by atoms with Gasteiger partial charge < -0.3 is 26.8 Å². The van der Waals surface area contributed by atoms with Gasteiger partial charge in [0.15, 0.2) is 0 Å². The molecule has 0 radical (unpaired) electrons. The minimum absolute atomic E-state index is 0.137. The van der Waals surface area contributed by atoms with Crippen LogP contribution in [0.3, 0.4) is 0 Å². The van der Waals surface area contributed by atoms with Crippen LogP contribution in [-0.2, 0) is 19.2 Å². The Morgan fingerprint density at radius 1 is 1.12 bits per heavy atom. The highest BCUT2D eigenvalue weighted by atomic mass is 32.1. The number of thiol groups is 1. The molecule has 0 heterocycles. The average Bonchev–Trinajstić information content (AvgIpc) is 2.55. The fourth-order valence-electron chi connectivity index (χ4n) is 1.70. The van der Waals surface area contributed by atoms with E-state index in [1.54, 1.807) is 6.92 Å². The van der Waals surface area contributed by atoms with Crippen molar-refractivity contribution in [2.45, 2.75) is 45.3 Å². The van der Waals surface area contributed by atoms with Crippen molar-refractivity contribution in [1.82, 2.24) is 16.0 Å². The molecule has 4 unspecified atom stereocenters. The molecular weight excluding hydrogens is 336 g/mol. The van der Waals surface area contributed by atoms with Crippen LogP contribution in [0.4, 0.5) is 0 Å². The molecule has 6 N–H and O–H groups in total. The van der Waals surface area contributed by atoms with E-state index in [-0.39, 0.29) is 18.2 Å².